The molecule has 4 nitrogen and oxygen atoms in total. The monoisotopic (exact) mass is 137 g/mol. The van der Waals surface area contributed by atoms with Crippen LogP contribution in [0.15, 0.2) is 4.99 Å². The first-order valence-corrected chi connectivity index (χ1v) is 2.94. The molecule has 0 aliphatic heterocycles. The van der Waals surface area contributed by atoms with Crippen molar-refractivity contribution in [3.05, 3.63) is 0 Å². The summed E-state index contributed by atoms with van der Waals surface area (Å²) >= 11 is -2.08. The molecule has 0 spiro atoms. The molecule has 0 aromatic heterocycles. The van der Waals surface area contributed by atoms with Gasteiger partial charge in [-0.1, -0.05) is 0 Å². The highest BCUT2D eigenvalue weighted by Crippen LogP contribution is 1.81. The Hall–Kier alpha value is -0.420. The topological polar surface area (TPSA) is 58.9 Å². The Morgan fingerprint density at radius 1 is 1.88 bits per heavy atom. The van der Waals surface area contributed by atoms with Crippen molar-refractivity contribution >= 4 is 16.3 Å². The van der Waals surface area contributed by atoms with E-state index >= 15 is 0 Å². The maximum Gasteiger partial charge on any atom is 0.304 e. The van der Waals surface area contributed by atoms with Crippen molar-refractivity contribution in [2.75, 3.05) is 14.2 Å². The van der Waals surface area contributed by atoms with Gasteiger partial charge >= 0.3 is 5.23 Å². The zero-order chi connectivity index (χ0) is 6.57. The maximum atomic E-state index is 10.0. The predicted octanol–water partition coefficient (Wildman–Crippen LogP) is -0.160. The number of hydrogen-bond acceptors (Lipinski definition) is 3. The fraction of sp³-hybridized carbons (Fsp3) is 0.667. The zero-order valence-corrected chi connectivity index (χ0v) is 5.44. The highest BCUT2D eigenvalue weighted by molar-refractivity contribution is 7.95. The van der Waals surface area contributed by atoms with E-state index in [1.807, 2.05) is 0 Å². The van der Waals surface area contributed by atoms with Gasteiger partial charge in [0.25, 0.3) is 0 Å². The van der Waals surface area contributed by atoms with Crippen LogP contribution in [0, 0.1) is 0 Å². The van der Waals surface area contributed by atoms with E-state index in [9.17, 15) is 4.21 Å². The molecule has 8 heavy (non-hydrogen) atoms. The maximum absolute atomic E-state index is 10.0. The highest BCUT2D eigenvalue weighted by atomic mass is 32.2. The van der Waals surface area contributed by atoms with Crippen LogP contribution in [0.4, 0.5) is 0 Å². The van der Waals surface area contributed by atoms with E-state index in [2.05, 4.69) is 9.73 Å². The number of nitrogens with zero attached hydrogens (tertiary/aromatic N) is 1. The Labute approximate surface area is 49.9 Å². The van der Waals surface area contributed by atoms with Gasteiger partial charge in [0.15, 0.2) is 0 Å². The number of aliphatic imine (C=N–C) groups is 1. The second kappa shape index (κ2) is 3.57. The molecule has 0 rings (SSSR count). The van der Waals surface area contributed by atoms with Crippen LogP contribution in [0.5, 0.6) is 0 Å². The van der Waals surface area contributed by atoms with Crippen LogP contribution in [0.25, 0.3) is 0 Å². The molecular weight excluding hydrogens is 130 g/mol. The van der Waals surface area contributed by atoms with Gasteiger partial charge in [0.2, 0.25) is 11.1 Å². The third-order valence-electron chi connectivity index (χ3n) is 0.507. The van der Waals surface area contributed by atoms with Gasteiger partial charge < -0.3 is 4.74 Å². The smallest absolute Gasteiger partial charge is 0.304 e. The third kappa shape index (κ3) is 2.04. The molecule has 0 saturated carbocycles. The molecule has 0 aliphatic carbocycles. The van der Waals surface area contributed by atoms with E-state index in [1.165, 1.54) is 14.2 Å². The molecule has 0 radical (unpaired) electrons. The lowest BCUT2D eigenvalue weighted by atomic mass is 11.3. The van der Waals surface area contributed by atoms with Crippen LogP contribution >= 0.6 is 0 Å². The quantitative estimate of drug-likeness (QED) is 0.287. The van der Waals surface area contributed by atoms with Crippen molar-refractivity contribution in [2.45, 2.75) is 0 Å². The molecule has 1 N–H and O–H groups in total. The van der Waals surface area contributed by atoms with Crippen LogP contribution in [-0.4, -0.2) is 28.1 Å². The Kier molecular flexibility index (Phi) is 3.38. The molecule has 0 saturated heterocycles. The van der Waals surface area contributed by atoms with Gasteiger partial charge in [0.1, 0.15) is 0 Å². The molecule has 1 atom stereocenters. The lowest BCUT2D eigenvalue weighted by Gasteiger charge is -1.93. The molecule has 5 heteroatoms. The van der Waals surface area contributed by atoms with E-state index in [-0.39, 0.29) is 5.23 Å². The second-order valence-electron chi connectivity index (χ2n) is 0.943. The summed E-state index contributed by atoms with van der Waals surface area (Å²) in [5, 5.41) is -0.162. The van der Waals surface area contributed by atoms with E-state index < -0.39 is 11.1 Å². The van der Waals surface area contributed by atoms with Gasteiger partial charge in [0.05, 0.1) is 7.11 Å². The van der Waals surface area contributed by atoms with Gasteiger partial charge in [-0.3, -0.25) is 4.55 Å². The van der Waals surface area contributed by atoms with Crippen LogP contribution in [-0.2, 0) is 15.8 Å². The highest BCUT2D eigenvalue weighted by Gasteiger charge is 2.01. The van der Waals surface area contributed by atoms with Crippen molar-refractivity contribution in [3.63, 3.8) is 0 Å². The minimum Gasteiger partial charge on any atom is -0.473 e. The van der Waals surface area contributed by atoms with Crippen molar-refractivity contribution in [3.8, 4) is 0 Å². The first kappa shape index (κ1) is 7.58. The van der Waals surface area contributed by atoms with Crippen LogP contribution in [0.2, 0.25) is 0 Å². The first-order chi connectivity index (χ1) is 3.72. The van der Waals surface area contributed by atoms with E-state index in [0.717, 1.165) is 0 Å². The Bertz CT molecular complexity index is 122. The van der Waals surface area contributed by atoms with Crippen molar-refractivity contribution < 1.29 is 13.5 Å². The Balaban J connectivity index is 3.92. The molecular formula is C3H7NO3S. The summed E-state index contributed by atoms with van der Waals surface area (Å²) in [7, 11) is 2.67. The predicted molar refractivity (Wildman–Crippen MR) is 31.1 cm³/mol. The van der Waals surface area contributed by atoms with Gasteiger partial charge in [-0.2, -0.15) is 0 Å². The number of methoxy groups -OCH3 is 1. The number of rotatable bonds is 0. The minimum absolute atomic E-state index is 0.162. The van der Waals surface area contributed by atoms with Gasteiger partial charge in [-0.15, -0.1) is 0 Å². The SMILES string of the molecule is CN=C(OC)S(=O)O. The summed E-state index contributed by atoms with van der Waals surface area (Å²) in [5.41, 5.74) is 0. The third-order valence-corrected chi connectivity index (χ3v) is 1.15. The molecule has 1 unspecified atom stereocenters. The Morgan fingerprint density at radius 2 is 2.38 bits per heavy atom. The number of ether oxygens (including phenoxy) is 1. The molecule has 0 heterocycles. The fourth-order valence-electron chi connectivity index (χ4n) is 0.241. The van der Waals surface area contributed by atoms with Crippen LogP contribution in [0.3, 0.4) is 0 Å². The van der Waals surface area contributed by atoms with Crippen LogP contribution < -0.4 is 0 Å². The standard InChI is InChI=1S/C3H7NO3S/c1-4-3(7-2)8(5)6/h1-2H3,(H,5,6). The Morgan fingerprint density at radius 3 is 2.38 bits per heavy atom. The molecule has 0 fully saturated rings. The summed E-state index contributed by atoms with van der Waals surface area (Å²) in [4.78, 5) is 3.35. The molecule has 48 valence electrons. The molecule has 0 aromatic carbocycles. The summed E-state index contributed by atoms with van der Waals surface area (Å²) in [6.45, 7) is 0. The van der Waals surface area contributed by atoms with E-state index in [0.29, 0.717) is 0 Å². The number of hydrogen-bond donors (Lipinski definition) is 1. The normalized spacial score (nSPS) is 15.6. The summed E-state index contributed by atoms with van der Waals surface area (Å²) in [6.07, 6.45) is 0. The summed E-state index contributed by atoms with van der Waals surface area (Å²) in [5.74, 6) is 0. The lowest BCUT2D eigenvalue weighted by molar-refractivity contribution is 0.407. The molecule has 0 aliphatic rings. The van der Waals surface area contributed by atoms with Crippen LogP contribution in [0.1, 0.15) is 0 Å². The van der Waals surface area contributed by atoms with Crippen molar-refractivity contribution in [2.24, 2.45) is 4.99 Å². The van der Waals surface area contributed by atoms with Gasteiger partial charge in [0, 0.05) is 7.05 Å². The van der Waals surface area contributed by atoms with Gasteiger partial charge in [-0.25, -0.2) is 9.20 Å². The van der Waals surface area contributed by atoms with Gasteiger partial charge in [-0.05, 0) is 0 Å². The second-order valence-corrected chi connectivity index (χ2v) is 1.79. The van der Waals surface area contributed by atoms with Crippen molar-refractivity contribution in [1.82, 2.24) is 0 Å². The summed E-state index contributed by atoms with van der Waals surface area (Å²) < 4.78 is 22.6. The van der Waals surface area contributed by atoms with Crippen molar-refractivity contribution in [1.29, 1.82) is 0 Å². The molecule has 0 aromatic rings. The first-order valence-electron chi connectivity index (χ1n) is 1.84. The zero-order valence-electron chi connectivity index (χ0n) is 4.62. The summed E-state index contributed by atoms with van der Waals surface area (Å²) in [6, 6.07) is 0. The molecule has 0 amide bonds. The lowest BCUT2D eigenvalue weighted by Crippen LogP contribution is -2.07. The van der Waals surface area contributed by atoms with E-state index in [4.69, 9.17) is 4.55 Å². The molecule has 0 bridgehead atoms. The minimum atomic E-state index is -2.08. The largest absolute Gasteiger partial charge is 0.473 e. The average Bonchev–Trinajstić information content (AvgIpc) is 1.69. The fourth-order valence-corrected chi connectivity index (χ4v) is 0.539. The van der Waals surface area contributed by atoms with E-state index in [1.54, 1.807) is 0 Å². The average molecular weight is 137 g/mol.